The number of H-pyrrole nitrogens is 4. The Bertz CT molecular complexity index is 3440. The van der Waals surface area contributed by atoms with E-state index in [0.29, 0.717) is 17.5 Å². The van der Waals surface area contributed by atoms with Crippen LogP contribution in [0.25, 0.3) is 89.8 Å². The van der Waals surface area contributed by atoms with Crippen molar-refractivity contribution in [3.63, 3.8) is 0 Å². The Morgan fingerprint density at radius 2 is 0.574 bits per heavy atom. The number of hydrogen-bond acceptors (Lipinski definition) is 10. The van der Waals surface area contributed by atoms with E-state index in [1.807, 2.05) is 36.4 Å². The summed E-state index contributed by atoms with van der Waals surface area (Å²) in [5.74, 6) is 2.72. The number of tetrazole rings is 2. The van der Waals surface area contributed by atoms with Crippen LogP contribution in [0.1, 0.15) is 27.8 Å². The molecular formula is C54H36N14. The van der Waals surface area contributed by atoms with Crippen molar-refractivity contribution >= 4 is 17.0 Å². The van der Waals surface area contributed by atoms with E-state index in [-0.39, 0.29) is 0 Å². The highest BCUT2D eigenvalue weighted by molar-refractivity contribution is 6.05. The van der Waals surface area contributed by atoms with Gasteiger partial charge in [-0.05, 0) is 104 Å². The number of aromatic amines is 4. The van der Waals surface area contributed by atoms with Crippen LogP contribution >= 0.6 is 0 Å². The number of rotatable bonds is 12. The molecule has 14 heteroatoms. The minimum Gasteiger partial charge on any atom is -0.266 e. The number of aromatic nitrogens is 11. The largest absolute Gasteiger partial charge is 0.266 e. The van der Waals surface area contributed by atoms with Crippen LogP contribution < -0.4 is 0 Å². The highest BCUT2D eigenvalue weighted by Crippen LogP contribution is 2.40. The first-order valence-electron chi connectivity index (χ1n) is 21.8. The third kappa shape index (κ3) is 7.79. The molecule has 4 heterocycles. The minimum atomic E-state index is 0.625. The molecule has 11 aromatic rings. The fourth-order valence-corrected chi connectivity index (χ4v) is 8.52. The molecule has 1 aliphatic heterocycles. The summed E-state index contributed by atoms with van der Waals surface area (Å²) in [6, 6.07) is 68.5. The molecule has 0 unspecified atom stereocenters. The van der Waals surface area contributed by atoms with Gasteiger partial charge in [-0.25, -0.2) is 15.4 Å². The quantitative estimate of drug-likeness (QED) is 0.0878. The van der Waals surface area contributed by atoms with Gasteiger partial charge in [0.2, 0.25) is 5.84 Å². The lowest BCUT2D eigenvalue weighted by Gasteiger charge is -2.20. The Labute approximate surface area is 388 Å². The van der Waals surface area contributed by atoms with Gasteiger partial charge in [0.1, 0.15) is 0 Å². The average Bonchev–Trinajstić information content (AvgIpc) is 4.13. The highest BCUT2D eigenvalue weighted by atomic mass is 15.5. The normalized spacial score (nSPS) is 11.9. The molecule has 68 heavy (non-hydrogen) atoms. The summed E-state index contributed by atoms with van der Waals surface area (Å²) in [6.45, 7) is 0. The Kier molecular flexibility index (Phi) is 10.1. The summed E-state index contributed by atoms with van der Waals surface area (Å²) in [7, 11) is 0. The molecule has 0 fully saturated rings. The fourth-order valence-electron chi connectivity index (χ4n) is 8.52. The minimum absolute atomic E-state index is 0.625. The van der Waals surface area contributed by atoms with Gasteiger partial charge in [-0.1, -0.05) is 194 Å². The maximum absolute atomic E-state index is 4.20. The van der Waals surface area contributed by atoms with Crippen LogP contribution in [0.15, 0.2) is 210 Å². The fraction of sp³-hybridized carbons (Fsp3) is 0. The molecule has 1 aliphatic rings. The summed E-state index contributed by atoms with van der Waals surface area (Å²) < 4.78 is 0. The van der Waals surface area contributed by atoms with E-state index in [1.165, 1.54) is 0 Å². The zero-order valence-electron chi connectivity index (χ0n) is 35.9. The van der Waals surface area contributed by atoms with E-state index in [2.05, 4.69) is 230 Å². The van der Waals surface area contributed by atoms with E-state index in [0.717, 1.165) is 106 Å². The van der Waals surface area contributed by atoms with Crippen molar-refractivity contribution in [2.75, 3.05) is 0 Å². The second kappa shape index (κ2) is 17.3. The molecule has 0 saturated heterocycles. The molecule has 0 spiro atoms. The lowest BCUT2D eigenvalue weighted by molar-refractivity contribution is 0.779. The van der Waals surface area contributed by atoms with E-state index >= 15 is 0 Å². The van der Waals surface area contributed by atoms with Crippen molar-refractivity contribution in [3.05, 3.63) is 222 Å². The van der Waals surface area contributed by atoms with Crippen molar-refractivity contribution in [2.24, 2.45) is 15.4 Å². The van der Waals surface area contributed by atoms with Crippen LogP contribution in [0.3, 0.4) is 0 Å². The number of nitrogens with one attached hydrogen (secondary N) is 4. The topological polar surface area (TPSA) is 190 Å². The molecular weight excluding hydrogens is 845 g/mol. The summed E-state index contributed by atoms with van der Waals surface area (Å²) in [5.41, 5.74) is 19.0. The molecule has 0 amide bonds. The van der Waals surface area contributed by atoms with Crippen LogP contribution in [0, 0.1) is 0 Å². The average molecular weight is 881 g/mol. The number of benzene rings is 8. The molecule has 8 aromatic carbocycles. The second-order valence-electron chi connectivity index (χ2n) is 16.2. The lowest BCUT2D eigenvalue weighted by atomic mass is 9.84. The first kappa shape index (κ1) is 39.7. The van der Waals surface area contributed by atoms with E-state index in [9.17, 15) is 0 Å². The van der Waals surface area contributed by atoms with Gasteiger partial charge < -0.3 is 0 Å². The Morgan fingerprint density at radius 3 is 0.809 bits per heavy atom. The van der Waals surface area contributed by atoms with Gasteiger partial charge in [0.25, 0.3) is 0 Å². The van der Waals surface area contributed by atoms with Crippen LogP contribution in [0.2, 0.25) is 0 Å². The molecule has 0 atom stereocenters. The predicted octanol–water partition coefficient (Wildman–Crippen LogP) is 11.6. The summed E-state index contributed by atoms with van der Waals surface area (Å²) in [4.78, 5) is 0. The van der Waals surface area contributed by atoms with Gasteiger partial charge in [-0.2, -0.15) is 0 Å². The maximum atomic E-state index is 4.20. The Hall–Kier alpha value is -9.82. The molecule has 0 aliphatic carbocycles. The van der Waals surface area contributed by atoms with Gasteiger partial charge in [-0.15, -0.1) is 25.5 Å². The van der Waals surface area contributed by atoms with Gasteiger partial charge in [0, 0.05) is 22.3 Å². The first-order chi connectivity index (χ1) is 33.7. The number of nitrogens with zero attached hydrogens (tertiary/aromatic N) is 10. The second-order valence-corrected chi connectivity index (χ2v) is 16.2. The van der Waals surface area contributed by atoms with Crippen molar-refractivity contribution in [3.8, 4) is 78.7 Å². The summed E-state index contributed by atoms with van der Waals surface area (Å²) in [6.07, 6.45) is 0. The molecule has 12 rings (SSSR count). The van der Waals surface area contributed by atoms with Crippen LogP contribution in [0.4, 0.5) is 0 Å². The van der Waals surface area contributed by atoms with E-state index < -0.39 is 0 Å². The summed E-state index contributed by atoms with van der Waals surface area (Å²) in [5, 5.41) is 50.4. The zero-order chi connectivity index (χ0) is 45.2. The molecule has 14 nitrogen and oxygen atoms in total. The lowest BCUT2D eigenvalue weighted by Crippen LogP contribution is -2.00. The van der Waals surface area contributed by atoms with Crippen LogP contribution in [-0.2, 0) is 0 Å². The predicted molar refractivity (Wildman–Crippen MR) is 262 cm³/mol. The van der Waals surface area contributed by atoms with Gasteiger partial charge >= 0.3 is 0 Å². The van der Waals surface area contributed by atoms with E-state index in [4.69, 9.17) is 0 Å². The van der Waals surface area contributed by atoms with Crippen molar-refractivity contribution in [1.29, 1.82) is 0 Å². The first-order valence-corrected chi connectivity index (χ1v) is 21.8. The highest BCUT2D eigenvalue weighted by Gasteiger charge is 2.19. The Morgan fingerprint density at radius 1 is 0.309 bits per heavy atom. The standard InChI is InChI=1S/C54H36N14/c1-17-41(18-2-33(1)37-9-25-45(26-10-37)51-55-63-56-51)49(42-19-3-34(4-20-42)38-11-27-46(28-12-38)52-57-64-58-52)50(43-21-5-35(6-22-43)39-13-29-47(30-14-39)53-59-65-66-60-53)44-23-7-36(8-24-44)40-15-31-48(32-16-40)54-61-67-68-62-54/h1-32,63H,(H,55,56)(H,59,60,65,66)(H,61,62,67,68). The molecule has 0 radical (unpaired) electrons. The molecule has 322 valence electrons. The third-order valence-corrected chi connectivity index (χ3v) is 12.2. The molecule has 4 N–H and O–H groups in total. The third-order valence-electron chi connectivity index (χ3n) is 12.2. The Balaban J connectivity index is 0.973. The monoisotopic (exact) mass is 880 g/mol. The zero-order valence-corrected chi connectivity index (χ0v) is 35.9. The summed E-state index contributed by atoms with van der Waals surface area (Å²) >= 11 is 0. The van der Waals surface area contributed by atoms with Gasteiger partial charge in [0.05, 0.1) is 0 Å². The smallest absolute Gasteiger partial charge is 0.207 e. The van der Waals surface area contributed by atoms with Crippen molar-refractivity contribution in [1.82, 2.24) is 56.7 Å². The van der Waals surface area contributed by atoms with Gasteiger partial charge in [0.15, 0.2) is 17.5 Å². The number of amidine groups is 1. The van der Waals surface area contributed by atoms with Crippen LogP contribution in [0.5, 0.6) is 0 Å². The van der Waals surface area contributed by atoms with E-state index in [1.54, 1.807) is 0 Å². The molecule has 0 bridgehead atoms. The van der Waals surface area contributed by atoms with Gasteiger partial charge in [-0.3, -0.25) is 5.10 Å². The number of hydrogen-bond donors (Lipinski definition) is 4. The molecule has 3 aromatic heterocycles. The van der Waals surface area contributed by atoms with Crippen molar-refractivity contribution in [2.45, 2.75) is 0 Å². The SMILES string of the molecule is c1cc(-c2ccc(C(=C(c3ccc(-c4ccc(-c5nnn[nH]5)cc4)cc3)c3ccc(-c4ccc(-c5nnn[nH]5)cc4)cc3)c3ccc(-c4ccc(-c5n[nH][nH]5)cc4)cc3)cc2)ccc1C1=NN=N1. The van der Waals surface area contributed by atoms with Crippen molar-refractivity contribution < 1.29 is 0 Å². The van der Waals surface area contributed by atoms with Crippen LogP contribution in [-0.4, -0.2) is 62.5 Å². The maximum Gasteiger partial charge on any atom is 0.207 e. The molecule has 0 saturated carbocycles.